The highest BCUT2D eigenvalue weighted by Gasteiger charge is 2.22. The maximum atomic E-state index is 13.8. The maximum absolute atomic E-state index is 13.8. The quantitative estimate of drug-likeness (QED) is 0.925. The van der Waals surface area contributed by atoms with Crippen molar-refractivity contribution < 1.29 is 18.7 Å². The number of aliphatic carboxylic acids is 1. The molecule has 20 heavy (non-hydrogen) atoms. The van der Waals surface area contributed by atoms with Gasteiger partial charge in [0, 0.05) is 0 Å². The van der Waals surface area contributed by atoms with Crippen LogP contribution in [-0.4, -0.2) is 11.1 Å². The van der Waals surface area contributed by atoms with Gasteiger partial charge in [-0.2, -0.15) is 0 Å². The summed E-state index contributed by atoms with van der Waals surface area (Å²) in [6, 6.07) is 9.70. The molecule has 0 amide bonds. The fourth-order valence-corrected chi connectivity index (χ4v) is 2.19. The van der Waals surface area contributed by atoms with Crippen LogP contribution >= 0.6 is 11.6 Å². The molecule has 0 aromatic heterocycles. The third kappa shape index (κ3) is 3.14. The smallest absolute Gasteiger partial charge is 0.311 e. The lowest BCUT2D eigenvalue weighted by molar-refractivity contribution is -0.138. The zero-order chi connectivity index (χ0) is 14.7. The molecule has 0 fully saturated rings. The van der Waals surface area contributed by atoms with Gasteiger partial charge >= 0.3 is 5.97 Å². The van der Waals surface area contributed by atoms with E-state index in [1.165, 1.54) is 30.3 Å². The normalized spacial score (nSPS) is 12.2. The zero-order valence-electron chi connectivity index (χ0n) is 10.3. The van der Waals surface area contributed by atoms with E-state index < -0.39 is 23.5 Å². The van der Waals surface area contributed by atoms with Gasteiger partial charge in [0.05, 0.1) is 10.9 Å². The Morgan fingerprint density at radius 2 is 1.90 bits per heavy atom. The summed E-state index contributed by atoms with van der Waals surface area (Å²) in [5, 5.41) is 9.20. The first-order chi connectivity index (χ1) is 9.49. The highest BCUT2D eigenvalue weighted by Crippen LogP contribution is 2.26. The van der Waals surface area contributed by atoms with Crippen LogP contribution in [0.1, 0.15) is 17.0 Å². The molecule has 0 saturated heterocycles. The molecule has 0 saturated carbocycles. The van der Waals surface area contributed by atoms with Crippen molar-refractivity contribution >= 4 is 17.6 Å². The number of carbonyl (C=O) groups is 1. The Labute approximate surface area is 119 Å². The van der Waals surface area contributed by atoms with Gasteiger partial charge in [-0.3, -0.25) is 4.79 Å². The molecule has 2 aromatic carbocycles. The average Bonchev–Trinajstić information content (AvgIpc) is 2.40. The molecule has 0 heterocycles. The van der Waals surface area contributed by atoms with Gasteiger partial charge in [-0.25, -0.2) is 8.78 Å². The van der Waals surface area contributed by atoms with Crippen LogP contribution in [-0.2, 0) is 11.2 Å². The van der Waals surface area contributed by atoms with Crippen LogP contribution in [0, 0.1) is 11.6 Å². The first-order valence-electron chi connectivity index (χ1n) is 5.90. The SMILES string of the molecule is O=C(O)C(Cc1cccc(Cl)c1F)c1cccc(F)c1. The van der Waals surface area contributed by atoms with E-state index in [1.807, 2.05) is 0 Å². The molecule has 0 aliphatic carbocycles. The minimum absolute atomic E-state index is 0.0640. The van der Waals surface area contributed by atoms with Crippen LogP contribution in [0.15, 0.2) is 42.5 Å². The first kappa shape index (κ1) is 14.5. The van der Waals surface area contributed by atoms with Crippen molar-refractivity contribution in [2.45, 2.75) is 12.3 Å². The molecular formula is C15H11ClF2O2. The second kappa shape index (κ2) is 6.01. The molecule has 1 N–H and O–H groups in total. The average molecular weight is 297 g/mol. The molecule has 2 rings (SSSR count). The van der Waals surface area contributed by atoms with Gasteiger partial charge in [0.25, 0.3) is 0 Å². The molecule has 0 spiro atoms. The van der Waals surface area contributed by atoms with E-state index in [9.17, 15) is 18.7 Å². The summed E-state index contributed by atoms with van der Waals surface area (Å²) in [5.41, 5.74) is 0.478. The highest BCUT2D eigenvalue weighted by atomic mass is 35.5. The van der Waals surface area contributed by atoms with Crippen molar-refractivity contribution in [3.63, 3.8) is 0 Å². The Kier molecular flexibility index (Phi) is 4.35. The minimum Gasteiger partial charge on any atom is -0.481 e. The van der Waals surface area contributed by atoms with Crippen LogP contribution in [0.25, 0.3) is 0 Å². The van der Waals surface area contributed by atoms with Crippen LogP contribution in [0.5, 0.6) is 0 Å². The number of carboxylic acids is 1. The summed E-state index contributed by atoms with van der Waals surface area (Å²) in [6.07, 6.45) is -0.0921. The predicted octanol–water partition coefficient (Wildman–Crippen LogP) is 4.03. The van der Waals surface area contributed by atoms with E-state index in [0.29, 0.717) is 0 Å². The molecule has 0 bridgehead atoms. The minimum atomic E-state index is -1.14. The standard InChI is InChI=1S/C15H11ClF2O2/c16-13-6-2-4-10(14(13)18)8-12(15(19)20)9-3-1-5-11(17)7-9/h1-7,12H,8H2,(H,19,20). The van der Waals surface area contributed by atoms with Gasteiger partial charge in [0.2, 0.25) is 0 Å². The van der Waals surface area contributed by atoms with Crippen LogP contribution in [0.2, 0.25) is 5.02 Å². The highest BCUT2D eigenvalue weighted by molar-refractivity contribution is 6.30. The Bertz CT molecular complexity index is 644. The number of hydrogen-bond donors (Lipinski definition) is 1. The third-order valence-electron chi connectivity index (χ3n) is 3.00. The monoisotopic (exact) mass is 296 g/mol. The van der Waals surface area contributed by atoms with Gasteiger partial charge < -0.3 is 5.11 Å². The van der Waals surface area contributed by atoms with Crippen molar-refractivity contribution in [1.82, 2.24) is 0 Å². The molecule has 1 atom stereocenters. The van der Waals surface area contributed by atoms with Gasteiger partial charge in [-0.15, -0.1) is 0 Å². The molecule has 5 heteroatoms. The number of halogens is 3. The van der Waals surface area contributed by atoms with Crippen LogP contribution < -0.4 is 0 Å². The Morgan fingerprint density at radius 1 is 1.20 bits per heavy atom. The van der Waals surface area contributed by atoms with Crippen molar-refractivity contribution in [2.75, 3.05) is 0 Å². The fraction of sp³-hybridized carbons (Fsp3) is 0.133. The predicted molar refractivity (Wildman–Crippen MR) is 71.9 cm³/mol. The summed E-state index contributed by atoms with van der Waals surface area (Å²) in [6.45, 7) is 0. The maximum Gasteiger partial charge on any atom is 0.311 e. The summed E-state index contributed by atoms with van der Waals surface area (Å²) < 4.78 is 27.0. The molecule has 104 valence electrons. The molecule has 0 aliphatic heterocycles. The molecular weight excluding hydrogens is 286 g/mol. The molecule has 2 aromatic rings. The summed E-state index contributed by atoms with van der Waals surface area (Å²) in [5.74, 6) is -3.34. The van der Waals surface area contributed by atoms with E-state index in [2.05, 4.69) is 0 Å². The second-order valence-electron chi connectivity index (χ2n) is 4.36. The Morgan fingerprint density at radius 3 is 2.55 bits per heavy atom. The van der Waals surface area contributed by atoms with E-state index in [1.54, 1.807) is 6.07 Å². The van der Waals surface area contributed by atoms with Crippen LogP contribution in [0.3, 0.4) is 0 Å². The van der Waals surface area contributed by atoms with Gasteiger partial charge in [0.15, 0.2) is 0 Å². The third-order valence-corrected chi connectivity index (χ3v) is 3.30. The number of benzene rings is 2. The van der Waals surface area contributed by atoms with E-state index in [4.69, 9.17) is 11.6 Å². The lowest BCUT2D eigenvalue weighted by Gasteiger charge is -2.14. The van der Waals surface area contributed by atoms with E-state index in [-0.39, 0.29) is 22.6 Å². The van der Waals surface area contributed by atoms with Crippen LogP contribution in [0.4, 0.5) is 8.78 Å². The Hall–Kier alpha value is -1.94. The van der Waals surface area contributed by atoms with Crippen molar-refractivity contribution in [2.24, 2.45) is 0 Å². The molecule has 0 aliphatic rings. The van der Waals surface area contributed by atoms with E-state index in [0.717, 1.165) is 6.07 Å². The lowest BCUT2D eigenvalue weighted by Crippen LogP contribution is -2.15. The van der Waals surface area contributed by atoms with E-state index >= 15 is 0 Å². The second-order valence-corrected chi connectivity index (χ2v) is 4.77. The largest absolute Gasteiger partial charge is 0.481 e. The number of carboxylic acid groups (broad SMARTS) is 1. The number of rotatable bonds is 4. The fourth-order valence-electron chi connectivity index (χ4n) is 2.00. The van der Waals surface area contributed by atoms with Crippen molar-refractivity contribution in [1.29, 1.82) is 0 Å². The summed E-state index contributed by atoms with van der Waals surface area (Å²) in [7, 11) is 0. The summed E-state index contributed by atoms with van der Waals surface area (Å²) >= 11 is 5.67. The molecule has 0 radical (unpaired) electrons. The Balaban J connectivity index is 2.36. The van der Waals surface area contributed by atoms with Gasteiger partial charge in [0.1, 0.15) is 11.6 Å². The van der Waals surface area contributed by atoms with Gasteiger partial charge in [-0.1, -0.05) is 35.9 Å². The topological polar surface area (TPSA) is 37.3 Å². The van der Waals surface area contributed by atoms with Gasteiger partial charge in [-0.05, 0) is 35.7 Å². The van der Waals surface area contributed by atoms with Crippen molar-refractivity contribution in [3.8, 4) is 0 Å². The van der Waals surface area contributed by atoms with Crippen molar-refractivity contribution in [3.05, 3.63) is 70.2 Å². The lowest BCUT2D eigenvalue weighted by atomic mass is 9.92. The zero-order valence-corrected chi connectivity index (χ0v) is 11.1. The molecule has 2 nitrogen and oxygen atoms in total. The first-order valence-corrected chi connectivity index (χ1v) is 6.28. The number of hydrogen-bond acceptors (Lipinski definition) is 1. The summed E-state index contributed by atoms with van der Waals surface area (Å²) in [4.78, 5) is 11.3. The molecule has 1 unspecified atom stereocenters.